The Bertz CT molecular complexity index is 3160. The smallest absolute Gasteiger partial charge is 0.410 e. The van der Waals surface area contributed by atoms with Gasteiger partial charge in [0, 0.05) is 65.5 Å². The predicted molar refractivity (Wildman–Crippen MR) is 247 cm³/mol. The van der Waals surface area contributed by atoms with Crippen molar-refractivity contribution in [2.45, 2.75) is 59.9 Å². The number of nitrogens with two attached hydrogens (primary N) is 1. The summed E-state index contributed by atoms with van der Waals surface area (Å²) in [4.78, 5) is 42.9. The minimum absolute atomic E-state index is 0.00934. The molecule has 10 nitrogen and oxygen atoms in total. The van der Waals surface area contributed by atoms with Crippen LogP contribution in [0.4, 0.5) is 13.6 Å². The van der Waals surface area contributed by atoms with E-state index in [4.69, 9.17) is 19.9 Å². The van der Waals surface area contributed by atoms with Crippen LogP contribution >= 0.6 is 0 Å². The van der Waals surface area contributed by atoms with Gasteiger partial charge in [0.2, 0.25) is 0 Å². The first kappa shape index (κ1) is 43.6. The second kappa shape index (κ2) is 17.3. The first-order valence-electron chi connectivity index (χ1n) is 21.3. The third-order valence-electron chi connectivity index (χ3n) is 11.6. The van der Waals surface area contributed by atoms with E-state index in [9.17, 15) is 14.4 Å². The number of halogens is 2. The van der Waals surface area contributed by atoms with Gasteiger partial charge in [0.05, 0.1) is 36.6 Å². The summed E-state index contributed by atoms with van der Waals surface area (Å²) in [7, 11) is 3.65. The van der Waals surface area contributed by atoms with Crippen molar-refractivity contribution in [3.05, 3.63) is 143 Å². The molecule has 0 bridgehead atoms. The molecule has 0 aliphatic rings. The average molecular weight is 865 g/mol. The summed E-state index contributed by atoms with van der Waals surface area (Å²) in [5, 5.41) is 3.50. The van der Waals surface area contributed by atoms with Gasteiger partial charge in [-0.25, -0.2) is 23.2 Å². The zero-order valence-corrected chi connectivity index (χ0v) is 37.0. The lowest BCUT2D eigenvalue weighted by molar-refractivity contribution is 0.0209. The van der Waals surface area contributed by atoms with Gasteiger partial charge in [-0.2, -0.15) is 0 Å². The van der Waals surface area contributed by atoms with E-state index in [2.05, 4.69) is 0 Å². The molecule has 0 atom stereocenters. The minimum Gasteiger partial charge on any atom is -0.462 e. The fourth-order valence-electron chi connectivity index (χ4n) is 8.81. The quantitative estimate of drug-likeness (QED) is 0.102. The van der Waals surface area contributed by atoms with Gasteiger partial charge in [0.15, 0.2) is 0 Å². The molecule has 2 aromatic heterocycles. The van der Waals surface area contributed by atoms with Crippen molar-refractivity contribution >= 4 is 61.4 Å². The molecule has 2 heterocycles. The zero-order valence-electron chi connectivity index (χ0n) is 37.0. The molecule has 8 aromatic rings. The third kappa shape index (κ3) is 7.94. The first-order valence-corrected chi connectivity index (χ1v) is 21.3. The number of carbonyl (C=O) groups is 3. The summed E-state index contributed by atoms with van der Waals surface area (Å²) in [6.45, 7) is 9.18. The molecule has 0 saturated carbocycles. The second-order valence-electron chi connectivity index (χ2n) is 16.8. The van der Waals surface area contributed by atoms with Crippen LogP contribution in [-0.4, -0.2) is 50.9 Å². The molecule has 1 amide bonds. The van der Waals surface area contributed by atoms with Crippen LogP contribution in [0.3, 0.4) is 0 Å². The van der Waals surface area contributed by atoms with E-state index in [0.29, 0.717) is 82.7 Å². The van der Waals surface area contributed by atoms with Gasteiger partial charge >= 0.3 is 18.0 Å². The number of esters is 2. The molecule has 328 valence electrons. The average Bonchev–Trinajstić information content (AvgIpc) is 3.70. The van der Waals surface area contributed by atoms with E-state index in [1.165, 1.54) is 17.0 Å². The van der Waals surface area contributed by atoms with Gasteiger partial charge in [-0.3, -0.25) is 4.90 Å². The molecule has 12 heteroatoms. The maximum atomic E-state index is 16.0. The molecule has 8 rings (SSSR count). The highest BCUT2D eigenvalue weighted by Gasteiger charge is 2.30. The molecular weight excluding hydrogens is 815 g/mol. The number of aromatic nitrogens is 2. The van der Waals surface area contributed by atoms with E-state index in [1.807, 2.05) is 102 Å². The van der Waals surface area contributed by atoms with Crippen LogP contribution in [0.5, 0.6) is 0 Å². The Kier molecular flexibility index (Phi) is 11.8. The zero-order chi connectivity index (χ0) is 45.6. The summed E-state index contributed by atoms with van der Waals surface area (Å²) in [6.07, 6.45) is -0.633. The molecule has 0 saturated heterocycles. The minimum atomic E-state index is -0.867. The van der Waals surface area contributed by atoms with Crippen LogP contribution in [-0.2, 0) is 47.9 Å². The van der Waals surface area contributed by atoms with E-state index >= 15 is 8.78 Å². The lowest BCUT2D eigenvalue weighted by Crippen LogP contribution is -2.37. The fraction of sp³-hybridized carbons (Fsp3) is 0.250. The molecular formula is C52H50F2N4O6. The number of hydrogen-bond acceptors (Lipinski definition) is 7. The number of benzene rings is 6. The largest absolute Gasteiger partial charge is 0.462 e. The molecule has 0 radical (unpaired) electrons. The number of nitrogens with zero attached hydrogens (tertiary/aromatic N) is 3. The number of rotatable bonds is 11. The Morgan fingerprint density at radius 2 is 1.16 bits per heavy atom. The topological polar surface area (TPSA) is 118 Å². The number of fused-ring (bicyclic) bond motifs is 4. The Labute approximate surface area is 369 Å². The Morgan fingerprint density at radius 3 is 1.72 bits per heavy atom. The number of ether oxygens (including phenoxy) is 3. The Morgan fingerprint density at radius 1 is 0.641 bits per heavy atom. The van der Waals surface area contributed by atoms with Crippen molar-refractivity contribution in [3.63, 3.8) is 0 Å². The second-order valence-corrected chi connectivity index (χ2v) is 16.8. The molecule has 0 fully saturated rings. The van der Waals surface area contributed by atoms with E-state index in [1.54, 1.807) is 46.8 Å². The molecule has 2 N–H and O–H groups in total. The SMILES string of the molecule is CCOC(=O)c1c(CN)n(C)c2cc(-c3cc(CN(Cc4c(C(=O)OCC)c5ccc(-c6cccc7cccc(F)c67)cc5n4C)C(=O)OC(C)(C)C)cc4cccc(F)c34)ccc12. The van der Waals surface area contributed by atoms with E-state index in [0.717, 1.165) is 10.9 Å². The van der Waals surface area contributed by atoms with Gasteiger partial charge < -0.3 is 29.1 Å². The standard InChI is InChI=1S/C52H50F2N4O6/c1-8-62-49(59)47-36-22-20-33(26-41(36)56(6)43(47)27-55)38-24-30(23-34-15-12-18-40(54)46(34)38)28-58(51(61)64-52(3,4)5)29-44-48(50(60)63-9-2)37-21-19-32(25-42(37)57(44)7)35-16-10-13-31-14-11-17-39(53)45(31)35/h10-26H,8-9,27-29,55H2,1-7H3. The van der Waals surface area contributed by atoms with Crippen molar-refractivity contribution in [2.24, 2.45) is 19.8 Å². The predicted octanol–water partition coefficient (Wildman–Crippen LogP) is 11.3. The normalized spacial score (nSPS) is 11.8. The molecule has 0 aliphatic heterocycles. The summed E-state index contributed by atoms with van der Waals surface area (Å²) in [6, 6.07) is 30.3. The van der Waals surface area contributed by atoms with Crippen molar-refractivity contribution < 1.29 is 37.4 Å². The van der Waals surface area contributed by atoms with Gasteiger partial charge in [0.25, 0.3) is 0 Å². The van der Waals surface area contributed by atoms with Crippen molar-refractivity contribution in [2.75, 3.05) is 13.2 Å². The van der Waals surface area contributed by atoms with Gasteiger partial charge in [-0.05, 0) is 110 Å². The summed E-state index contributed by atoms with van der Waals surface area (Å²) in [5.41, 5.74) is 11.8. The molecule has 0 unspecified atom stereocenters. The van der Waals surface area contributed by atoms with Crippen LogP contribution in [0.2, 0.25) is 0 Å². The van der Waals surface area contributed by atoms with Crippen molar-refractivity contribution in [1.82, 2.24) is 14.0 Å². The fourth-order valence-corrected chi connectivity index (χ4v) is 8.81. The third-order valence-corrected chi connectivity index (χ3v) is 11.6. The first-order chi connectivity index (χ1) is 30.6. The summed E-state index contributed by atoms with van der Waals surface area (Å²) >= 11 is 0. The summed E-state index contributed by atoms with van der Waals surface area (Å²) in [5.74, 6) is -1.80. The molecule has 64 heavy (non-hydrogen) atoms. The van der Waals surface area contributed by atoms with Gasteiger partial charge in [0.1, 0.15) is 17.2 Å². The highest BCUT2D eigenvalue weighted by Crippen LogP contribution is 2.38. The molecule has 6 aromatic carbocycles. The maximum Gasteiger partial charge on any atom is 0.410 e. The van der Waals surface area contributed by atoms with Crippen molar-refractivity contribution in [1.29, 1.82) is 0 Å². The van der Waals surface area contributed by atoms with Gasteiger partial charge in [-0.1, -0.05) is 66.7 Å². The Balaban J connectivity index is 1.26. The van der Waals surface area contributed by atoms with E-state index < -0.39 is 29.5 Å². The summed E-state index contributed by atoms with van der Waals surface area (Å²) < 4.78 is 52.0. The highest BCUT2D eigenvalue weighted by molar-refractivity contribution is 6.09. The van der Waals surface area contributed by atoms with E-state index in [-0.39, 0.29) is 38.7 Å². The lowest BCUT2D eigenvalue weighted by Gasteiger charge is -2.28. The van der Waals surface area contributed by atoms with Crippen LogP contribution in [0.15, 0.2) is 103 Å². The number of hydrogen-bond donors (Lipinski definition) is 1. The maximum absolute atomic E-state index is 16.0. The lowest BCUT2D eigenvalue weighted by atomic mass is 9.94. The Hall–Kier alpha value is -7.05. The number of carbonyl (C=O) groups excluding carboxylic acids is 3. The van der Waals surface area contributed by atoms with Crippen molar-refractivity contribution in [3.8, 4) is 22.3 Å². The van der Waals surface area contributed by atoms with Gasteiger partial charge in [-0.15, -0.1) is 0 Å². The number of amides is 1. The monoisotopic (exact) mass is 864 g/mol. The van der Waals surface area contributed by atoms with Crippen LogP contribution in [0, 0.1) is 11.6 Å². The van der Waals surface area contributed by atoms with Crippen LogP contribution in [0.1, 0.15) is 72.3 Å². The van der Waals surface area contributed by atoms with Crippen LogP contribution < -0.4 is 5.73 Å². The number of aryl methyl sites for hydroxylation is 2. The molecule has 0 spiro atoms. The van der Waals surface area contributed by atoms with Crippen LogP contribution in [0.25, 0.3) is 65.6 Å². The highest BCUT2D eigenvalue weighted by atomic mass is 19.1. The molecule has 0 aliphatic carbocycles.